The molecule has 1 unspecified atom stereocenters. The van der Waals surface area contributed by atoms with E-state index in [1.54, 1.807) is 11.3 Å². The van der Waals surface area contributed by atoms with Crippen LogP contribution < -0.4 is 10.5 Å². The zero-order chi connectivity index (χ0) is 26.1. The van der Waals surface area contributed by atoms with E-state index in [1.165, 1.54) is 0 Å². The number of amides is 1. The summed E-state index contributed by atoms with van der Waals surface area (Å²) in [5, 5.41) is 8.73. The molecule has 0 radical (unpaired) electrons. The van der Waals surface area contributed by atoms with Crippen molar-refractivity contribution in [3.63, 3.8) is 0 Å². The second-order valence-electron chi connectivity index (χ2n) is 9.52. The minimum absolute atomic E-state index is 0.0463. The highest BCUT2D eigenvalue weighted by Crippen LogP contribution is 2.34. The Bertz CT molecular complexity index is 1590. The molecular formula is C29H28N6O2S. The lowest BCUT2D eigenvalue weighted by atomic mass is 9.99. The molecular weight excluding hydrogens is 496 g/mol. The lowest BCUT2D eigenvalue weighted by molar-refractivity contribution is -0.128. The number of nitrogens with zero attached hydrogens (tertiary/aromatic N) is 3. The van der Waals surface area contributed by atoms with E-state index >= 15 is 0 Å². The number of nitrogen functional groups attached to an aromatic ring is 1. The fourth-order valence-electron chi connectivity index (χ4n) is 4.87. The van der Waals surface area contributed by atoms with Crippen molar-refractivity contribution in [3.8, 4) is 5.75 Å². The number of ether oxygens (including phenoxy) is 1. The van der Waals surface area contributed by atoms with Crippen LogP contribution in [0.3, 0.4) is 0 Å². The molecule has 1 aliphatic heterocycles. The summed E-state index contributed by atoms with van der Waals surface area (Å²) < 4.78 is 6.90. The van der Waals surface area contributed by atoms with E-state index in [0.29, 0.717) is 31.6 Å². The number of para-hydroxylation sites is 2. The van der Waals surface area contributed by atoms with Crippen molar-refractivity contribution in [2.45, 2.75) is 25.2 Å². The number of benzene rings is 3. The Morgan fingerprint density at radius 3 is 2.71 bits per heavy atom. The van der Waals surface area contributed by atoms with Crippen molar-refractivity contribution < 1.29 is 9.53 Å². The lowest BCUT2D eigenvalue weighted by Crippen LogP contribution is -2.29. The number of fused-ring (bicyclic) bond motifs is 2. The summed E-state index contributed by atoms with van der Waals surface area (Å²) in [5.41, 5.74) is 10.3. The predicted molar refractivity (Wildman–Crippen MR) is 150 cm³/mol. The maximum atomic E-state index is 11.8. The maximum absolute atomic E-state index is 11.8. The lowest BCUT2D eigenvalue weighted by Gasteiger charge is -2.16. The monoisotopic (exact) mass is 524 g/mol. The number of H-pyrrole nitrogens is 1. The van der Waals surface area contributed by atoms with Gasteiger partial charge in [0.1, 0.15) is 29.0 Å². The van der Waals surface area contributed by atoms with Gasteiger partial charge in [0.25, 0.3) is 0 Å². The number of aromatic nitrogens is 3. The molecule has 1 saturated heterocycles. The molecule has 4 N–H and O–H groups in total. The molecule has 8 nitrogen and oxygen atoms in total. The van der Waals surface area contributed by atoms with E-state index in [-0.39, 0.29) is 17.7 Å². The number of hydrogen-bond donors (Lipinski definition) is 3. The van der Waals surface area contributed by atoms with E-state index in [4.69, 9.17) is 25.8 Å². The summed E-state index contributed by atoms with van der Waals surface area (Å²) in [7, 11) is 0. The Hall–Kier alpha value is -4.24. The Labute approximate surface area is 224 Å². The molecule has 9 heteroatoms. The van der Waals surface area contributed by atoms with Crippen LogP contribution in [-0.2, 0) is 11.2 Å². The fraction of sp³-hybridized carbons (Fsp3) is 0.241. The van der Waals surface area contributed by atoms with E-state index in [2.05, 4.69) is 17.1 Å². The first-order valence-corrected chi connectivity index (χ1v) is 13.5. The molecule has 0 spiro atoms. The first-order valence-electron chi connectivity index (χ1n) is 12.7. The van der Waals surface area contributed by atoms with Gasteiger partial charge in [-0.05, 0) is 60.9 Å². The van der Waals surface area contributed by atoms with Gasteiger partial charge in [0.15, 0.2) is 0 Å². The van der Waals surface area contributed by atoms with Gasteiger partial charge in [-0.2, -0.15) is 0 Å². The second-order valence-corrected chi connectivity index (χ2v) is 10.6. The van der Waals surface area contributed by atoms with Gasteiger partial charge >= 0.3 is 0 Å². The number of carbonyl (C=O) groups excluding carboxylic acids is 1. The molecule has 3 heterocycles. The number of carbonyl (C=O) groups is 1. The number of hydrogen-bond acceptors (Lipinski definition) is 6. The first kappa shape index (κ1) is 24.1. The van der Waals surface area contributed by atoms with Gasteiger partial charge in [-0.3, -0.25) is 10.2 Å². The summed E-state index contributed by atoms with van der Waals surface area (Å²) in [6.07, 6.45) is 2.29. The molecule has 5 aromatic rings. The van der Waals surface area contributed by atoms with Gasteiger partial charge in [0.05, 0.1) is 33.7 Å². The molecule has 1 amide bonds. The number of amidine groups is 1. The van der Waals surface area contributed by atoms with Crippen molar-refractivity contribution in [2.75, 3.05) is 19.7 Å². The topological polar surface area (TPSA) is 121 Å². The second kappa shape index (κ2) is 10.3. The number of nitrogens with two attached hydrogens (primary N) is 1. The van der Waals surface area contributed by atoms with Crippen LogP contribution in [0.4, 0.5) is 0 Å². The van der Waals surface area contributed by atoms with E-state index < -0.39 is 0 Å². The number of thiazole rings is 1. The first-order chi connectivity index (χ1) is 18.5. The van der Waals surface area contributed by atoms with Gasteiger partial charge in [0, 0.05) is 18.5 Å². The zero-order valence-corrected chi connectivity index (χ0v) is 21.6. The molecule has 0 saturated carbocycles. The van der Waals surface area contributed by atoms with E-state index in [1.807, 2.05) is 59.5 Å². The highest BCUT2D eigenvalue weighted by Gasteiger charge is 2.23. The number of likely N-dealkylation sites (tertiary alicyclic amines) is 1. The van der Waals surface area contributed by atoms with Crippen molar-refractivity contribution in [1.82, 2.24) is 19.9 Å². The average molecular weight is 525 g/mol. The van der Waals surface area contributed by atoms with Gasteiger partial charge in [-0.15, -0.1) is 11.3 Å². The van der Waals surface area contributed by atoms with Gasteiger partial charge < -0.3 is 20.4 Å². The predicted octanol–water partition coefficient (Wildman–Crippen LogP) is 4.83. The van der Waals surface area contributed by atoms with Crippen molar-refractivity contribution in [2.24, 2.45) is 5.73 Å². The van der Waals surface area contributed by atoms with Crippen LogP contribution in [0.15, 0.2) is 66.7 Å². The summed E-state index contributed by atoms with van der Waals surface area (Å²) in [5.74, 6) is 1.84. The highest BCUT2D eigenvalue weighted by molar-refractivity contribution is 7.18. The molecule has 2 aromatic heterocycles. The third kappa shape index (κ3) is 4.97. The Morgan fingerprint density at radius 2 is 1.95 bits per heavy atom. The summed E-state index contributed by atoms with van der Waals surface area (Å²) in [6.45, 7) is 1.93. The minimum Gasteiger partial charge on any atom is -0.492 e. The third-order valence-corrected chi connectivity index (χ3v) is 8.05. The zero-order valence-electron chi connectivity index (χ0n) is 20.8. The third-order valence-electron chi connectivity index (χ3n) is 6.92. The average Bonchev–Trinajstić information content (AvgIpc) is 3.65. The molecule has 6 rings (SSSR count). The van der Waals surface area contributed by atoms with Gasteiger partial charge in [0.2, 0.25) is 5.91 Å². The van der Waals surface area contributed by atoms with Gasteiger partial charge in [-0.25, -0.2) is 9.97 Å². The number of nitrogens with one attached hydrogen (secondary N) is 2. The SMILES string of the molecule is N=C(N)c1ccc2nc(C(Cc3ccc(OCCN4CCCC4=O)cc3)c3nc4ccccc4[nH]3)sc2c1. The van der Waals surface area contributed by atoms with Crippen molar-refractivity contribution in [1.29, 1.82) is 5.41 Å². The maximum Gasteiger partial charge on any atom is 0.222 e. The Balaban J connectivity index is 1.25. The van der Waals surface area contributed by atoms with Crippen molar-refractivity contribution in [3.05, 3.63) is 88.7 Å². The summed E-state index contributed by atoms with van der Waals surface area (Å²) in [6, 6.07) is 21.8. The molecule has 3 aromatic carbocycles. The summed E-state index contributed by atoms with van der Waals surface area (Å²) >= 11 is 1.61. The molecule has 0 aliphatic carbocycles. The number of rotatable bonds is 9. The normalized spacial score (nSPS) is 14.4. The molecule has 192 valence electrons. The number of aromatic amines is 1. The minimum atomic E-state index is -0.0754. The highest BCUT2D eigenvalue weighted by atomic mass is 32.1. The Kier molecular flexibility index (Phi) is 6.51. The van der Waals surface area contributed by atoms with Crippen LogP contribution in [-0.4, -0.2) is 51.3 Å². The quantitative estimate of drug-likeness (QED) is 0.188. The van der Waals surface area contributed by atoms with Crippen LogP contribution in [0.5, 0.6) is 5.75 Å². The van der Waals surface area contributed by atoms with Crippen LogP contribution in [0.1, 0.15) is 40.7 Å². The molecule has 1 aliphatic rings. The van der Waals surface area contributed by atoms with Crippen LogP contribution >= 0.6 is 11.3 Å². The molecule has 1 atom stereocenters. The largest absolute Gasteiger partial charge is 0.492 e. The fourth-order valence-corrected chi connectivity index (χ4v) is 5.98. The standard InChI is InChI=1S/C29H28N6O2S/c30-27(31)19-9-12-24-25(17-19)38-29(34-24)21(28-32-22-4-1-2-5-23(22)33-28)16-18-7-10-20(11-8-18)37-15-14-35-13-3-6-26(35)36/h1-2,4-5,7-12,17,21H,3,6,13-16H2,(H3,30,31)(H,32,33). The van der Waals surface area contributed by atoms with E-state index in [0.717, 1.165) is 56.4 Å². The molecule has 0 bridgehead atoms. The van der Waals surface area contributed by atoms with Crippen LogP contribution in [0.25, 0.3) is 21.3 Å². The van der Waals surface area contributed by atoms with E-state index in [9.17, 15) is 4.79 Å². The van der Waals surface area contributed by atoms with Crippen molar-refractivity contribution >= 4 is 44.3 Å². The van der Waals surface area contributed by atoms with Crippen LogP contribution in [0.2, 0.25) is 0 Å². The summed E-state index contributed by atoms with van der Waals surface area (Å²) in [4.78, 5) is 27.0. The number of imidazole rings is 1. The Morgan fingerprint density at radius 1 is 1.11 bits per heavy atom. The molecule has 1 fully saturated rings. The molecule has 38 heavy (non-hydrogen) atoms. The van der Waals surface area contributed by atoms with Crippen LogP contribution in [0, 0.1) is 5.41 Å². The van der Waals surface area contributed by atoms with Gasteiger partial charge in [-0.1, -0.05) is 24.3 Å². The smallest absolute Gasteiger partial charge is 0.222 e.